The number of carbonyl (C=O) groups is 1. The summed E-state index contributed by atoms with van der Waals surface area (Å²) >= 11 is 6.53. The number of nitrogens with one attached hydrogen (secondary N) is 1. The molecule has 1 atom stereocenters. The van der Waals surface area contributed by atoms with Crippen molar-refractivity contribution in [2.75, 3.05) is 0 Å². The van der Waals surface area contributed by atoms with Crippen molar-refractivity contribution in [3.8, 4) is 11.4 Å². The molecular weight excluding hydrogens is 545 g/mol. The van der Waals surface area contributed by atoms with Crippen LogP contribution in [0.2, 0.25) is 5.02 Å². The zero-order valence-corrected chi connectivity index (χ0v) is 21.9. The molecule has 204 valence electrons. The van der Waals surface area contributed by atoms with E-state index in [0.29, 0.717) is 24.1 Å². The summed E-state index contributed by atoms with van der Waals surface area (Å²) in [5.41, 5.74) is 3.03. The summed E-state index contributed by atoms with van der Waals surface area (Å²) in [6.07, 6.45) is -0.960. The molecule has 6 rings (SSSR count). The van der Waals surface area contributed by atoms with Crippen LogP contribution >= 0.6 is 11.6 Å². The number of nitrogens with zero attached hydrogens (tertiary/aromatic N) is 5. The molecular formula is C28H22ClF3N6O2. The third kappa shape index (κ3) is 4.88. The fourth-order valence-corrected chi connectivity index (χ4v) is 5.46. The molecule has 1 amide bonds. The molecule has 40 heavy (non-hydrogen) atoms. The number of alkyl halides is 3. The van der Waals surface area contributed by atoms with Crippen LogP contribution in [0.5, 0.6) is 5.75 Å². The van der Waals surface area contributed by atoms with Crippen molar-refractivity contribution >= 4 is 28.5 Å². The Morgan fingerprint density at radius 3 is 2.62 bits per heavy atom. The Hall–Kier alpha value is -4.38. The van der Waals surface area contributed by atoms with Crippen molar-refractivity contribution in [3.05, 3.63) is 101 Å². The minimum atomic E-state index is -4.85. The lowest BCUT2D eigenvalue weighted by molar-refractivity contribution is -0.274. The van der Waals surface area contributed by atoms with Gasteiger partial charge in [0, 0.05) is 12.1 Å². The van der Waals surface area contributed by atoms with E-state index in [1.54, 1.807) is 28.8 Å². The lowest BCUT2D eigenvalue weighted by atomic mass is 9.82. The van der Waals surface area contributed by atoms with Crippen molar-refractivity contribution in [2.24, 2.45) is 0 Å². The van der Waals surface area contributed by atoms with Crippen molar-refractivity contribution < 1.29 is 22.7 Å². The highest BCUT2D eigenvalue weighted by Gasteiger charge is 2.40. The van der Waals surface area contributed by atoms with Gasteiger partial charge in [-0.1, -0.05) is 29.8 Å². The Kier molecular flexibility index (Phi) is 6.25. The Labute approximate surface area is 231 Å². The quantitative estimate of drug-likeness (QED) is 0.293. The number of aryl methyl sites for hydroxylation is 2. The third-order valence-electron chi connectivity index (χ3n) is 7.07. The van der Waals surface area contributed by atoms with Gasteiger partial charge in [-0.2, -0.15) is 0 Å². The average molecular weight is 567 g/mol. The number of hydrogen-bond donors (Lipinski definition) is 1. The number of carbonyl (C=O) groups excluding carboxylic acids is 1. The fraction of sp³-hybridized carbons (Fsp3) is 0.214. The zero-order valence-electron chi connectivity index (χ0n) is 21.1. The highest BCUT2D eigenvalue weighted by Crippen LogP contribution is 2.38. The van der Waals surface area contributed by atoms with Gasteiger partial charge in [0.25, 0.3) is 5.91 Å². The smallest absolute Gasteiger partial charge is 0.406 e. The van der Waals surface area contributed by atoms with Crippen molar-refractivity contribution in [3.63, 3.8) is 0 Å². The monoisotopic (exact) mass is 566 g/mol. The first-order valence-electron chi connectivity index (χ1n) is 12.4. The van der Waals surface area contributed by atoms with Crippen LogP contribution in [0.25, 0.3) is 16.7 Å². The van der Waals surface area contributed by atoms with E-state index >= 15 is 0 Å². The van der Waals surface area contributed by atoms with E-state index in [0.717, 1.165) is 22.4 Å². The zero-order chi connectivity index (χ0) is 28.1. The molecule has 0 aliphatic carbocycles. The highest BCUT2D eigenvalue weighted by molar-refractivity contribution is 6.34. The summed E-state index contributed by atoms with van der Waals surface area (Å²) in [7, 11) is 0. The minimum absolute atomic E-state index is 0.202. The molecule has 0 bridgehead atoms. The maximum atomic E-state index is 13.7. The lowest BCUT2D eigenvalue weighted by Gasteiger charge is -2.39. The van der Waals surface area contributed by atoms with E-state index in [4.69, 9.17) is 16.6 Å². The molecule has 0 fully saturated rings. The summed E-state index contributed by atoms with van der Waals surface area (Å²) in [5, 5.41) is 10.9. The van der Waals surface area contributed by atoms with Crippen LogP contribution in [-0.4, -0.2) is 36.6 Å². The molecule has 0 saturated heterocycles. The van der Waals surface area contributed by atoms with Gasteiger partial charge in [0.05, 0.1) is 33.7 Å². The Morgan fingerprint density at radius 2 is 1.88 bits per heavy atom. The first-order valence-corrected chi connectivity index (χ1v) is 12.8. The van der Waals surface area contributed by atoms with E-state index in [-0.39, 0.29) is 22.9 Å². The number of aromatic nitrogens is 5. The van der Waals surface area contributed by atoms with Gasteiger partial charge in [0.2, 0.25) is 0 Å². The molecule has 0 radical (unpaired) electrons. The van der Waals surface area contributed by atoms with E-state index in [1.807, 2.05) is 29.7 Å². The van der Waals surface area contributed by atoms with E-state index in [2.05, 4.69) is 20.3 Å². The Balaban J connectivity index is 1.41. The minimum Gasteiger partial charge on any atom is -0.406 e. The standard InChI is InChI=1S/C28H22ClF3N6O2/c1-17-5-8-24-23(11-17)35-25-9-10-27(14-38(24)25,18-3-2-4-20(12-18)40-28(30,31)32)36-26(39)21-7-6-19(13-22(21)29)37-15-33-34-16-37/h2-8,11-13,15-16H,9-10,14H2,1H3,(H,36,39). The number of rotatable bonds is 5. The van der Waals surface area contributed by atoms with Crippen LogP contribution in [0.15, 0.2) is 73.3 Å². The summed E-state index contributed by atoms with van der Waals surface area (Å²) in [6.45, 7) is 2.23. The number of hydrogen-bond acceptors (Lipinski definition) is 5. The maximum absolute atomic E-state index is 13.7. The summed E-state index contributed by atoms with van der Waals surface area (Å²) in [6, 6.07) is 16.6. The van der Waals surface area contributed by atoms with Crippen LogP contribution in [-0.2, 0) is 18.5 Å². The topological polar surface area (TPSA) is 86.9 Å². The number of amides is 1. The van der Waals surface area contributed by atoms with Crippen molar-refractivity contribution in [1.29, 1.82) is 0 Å². The Bertz CT molecular complexity index is 1730. The number of halogens is 4. The summed E-state index contributed by atoms with van der Waals surface area (Å²) in [5.74, 6) is 0.00234. The SMILES string of the molecule is Cc1ccc2c(c1)nc1n2CC(NC(=O)c2ccc(-n3cnnc3)cc2Cl)(c2cccc(OC(F)(F)F)c2)CC1. The van der Waals surface area contributed by atoms with Gasteiger partial charge in [-0.3, -0.25) is 9.36 Å². The molecule has 0 spiro atoms. The second kappa shape index (κ2) is 9.67. The van der Waals surface area contributed by atoms with Crippen LogP contribution in [0.4, 0.5) is 13.2 Å². The van der Waals surface area contributed by atoms with Gasteiger partial charge in [-0.15, -0.1) is 23.4 Å². The van der Waals surface area contributed by atoms with E-state index < -0.39 is 17.8 Å². The molecule has 3 aromatic carbocycles. The van der Waals surface area contributed by atoms with E-state index in [9.17, 15) is 18.0 Å². The van der Waals surface area contributed by atoms with Gasteiger partial charge >= 0.3 is 6.36 Å². The normalized spacial score (nSPS) is 17.0. The predicted octanol–water partition coefficient (Wildman–Crippen LogP) is 5.75. The second-order valence-electron chi connectivity index (χ2n) is 9.75. The lowest BCUT2D eigenvalue weighted by Crippen LogP contribution is -2.51. The number of benzene rings is 3. The second-order valence-corrected chi connectivity index (χ2v) is 10.2. The molecule has 1 aliphatic rings. The summed E-state index contributed by atoms with van der Waals surface area (Å²) in [4.78, 5) is 18.5. The van der Waals surface area contributed by atoms with Gasteiger partial charge in [0.1, 0.15) is 24.2 Å². The van der Waals surface area contributed by atoms with Gasteiger partial charge < -0.3 is 14.6 Å². The average Bonchev–Trinajstić information content (AvgIpc) is 3.55. The number of fused-ring (bicyclic) bond motifs is 3. The van der Waals surface area contributed by atoms with Gasteiger partial charge in [0.15, 0.2) is 0 Å². The fourth-order valence-electron chi connectivity index (χ4n) is 5.20. The highest BCUT2D eigenvalue weighted by atomic mass is 35.5. The van der Waals surface area contributed by atoms with Crippen LogP contribution in [0, 0.1) is 6.92 Å². The first kappa shape index (κ1) is 25.9. The van der Waals surface area contributed by atoms with Crippen LogP contribution < -0.4 is 10.1 Å². The molecule has 0 saturated carbocycles. The molecule has 1 aliphatic heterocycles. The maximum Gasteiger partial charge on any atom is 0.573 e. The van der Waals surface area contributed by atoms with Crippen LogP contribution in [0.1, 0.15) is 33.7 Å². The molecule has 8 nitrogen and oxygen atoms in total. The molecule has 2 aromatic heterocycles. The van der Waals surface area contributed by atoms with Crippen molar-refractivity contribution in [1.82, 2.24) is 29.6 Å². The molecule has 1 N–H and O–H groups in total. The molecule has 1 unspecified atom stereocenters. The predicted molar refractivity (Wildman–Crippen MR) is 141 cm³/mol. The number of imidazole rings is 1. The first-order chi connectivity index (χ1) is 19.1. The van der Waals surface area contributed by atoms with Crippen molar-refractivity contribution in [2.45, 2.75) is 38.2 Å². The van der Waals surface area contributed by atoms with E-state index in [1.165, 1.54) is 30.9 Å². The molecule has 5 aromatic rings. The van der Waals surface area contributed by atoms with Gasteiger partial charge in [-0.05, 0) is 66.9 Å². The number of ether oxygens (including phenoxy) is 1. The third-order valence-corrected chi connectivity index (χ3v) is 7.39. The largest absolute Gasteiger partial charge is 0.573 e. The molecule has 12 heteroatoms. The van der Waals surface area contributed by atoms with Gasteiger partial charge in [-0.25, -0.2) is 4.98 Å². The Morgan fingerprint density at radius 1 is 1.07 bits per heavy atom. The summed E-state index contributed by atoms with van der Waals surface area (Å²) < 4.78 is 47.0. The molecule has 3 heterocycles. The van der Waals surface area contributed by atoms with Crippen LogP contribution in [0.3, 0.4) is 0 Å².